The van der Waals surface area contributed by atoms with Gasteiger partial charge in [-0.3, -0.25) is 4.79 Å². The molecule has 1 saturated carbocycles. The van der Waals surface area contributed by atoms with Crippen molar-refractivity contribution in [3.8, 4) is 0 Å². The Hall–Kier alpha value is -3.03. The third-order valence-electron chi connectivity index (χ3n) is 4.43. The smallest absolute Gasteiger partial charge is 0.341 e. The Bertz CT molecular complexity index is 850. The van der Waals surface area contributed by atoms with Crippen molar-refractivity contribution in [2.24, 2.45) is 5.92 Å². The minimum absolute atomic E-state index is 0.162. The van der Waals surface area contributed by atoms with Gasteiger partial charge in [0.1, 0.15) is 0 Å². The van der Waals surface area contributed by atoms with E-state index >= 15 is 0 Å². The summed E-state index contributed by atoms with van der Waals surface area (Å²) in [6.07, 6.45) is -4.05. The summed E-state index contributed by atoms with van der Waals surface area (Å²) in [5, 5.41) is 7.71. The van der Waals surface area contributed by atoms with Crippen LogP contribution in [-0.4, -0.2) is 19.0 Å². The Kier molecular flexibility index (Phi) is 5.07. The van der Waals surface area contributed by atoms with Crippen LogP contribution in [0, 0.1) is 5.92 Å². The van der Waals surface area contributed by atoms with E-state index < -0.39 is 23.6 Å². The van der Waals surface area contributed by atoms with Crippen LogP contribution in [0.5, 0.6) is 0 Å². The van der Waals surface area contributed by atoms with Crippen molar-refractivity contribution in [2.75, 3.05) is 17.7 Å². The number of benzene rings is 2. The van der Waals surface area contributed by atoms with Gasteiger partial charge in [0.05, 0.1) is 5.56 Å². The maximum atomic E-state index is 13.1. The molecule has 0 aliphatic heterocycles. The van der Waals surface area contributed by atoms with Crippen LogP contribution < -0.4 is 16.0 Å². The van der Waals surface area contributed by atoms with Crippen LogP contribution in [0.2, 0.25) is 0 Å². The minimum Gasteiger partial charge on any atom is -0.341 e. The van der Waals surface area contributed by atoms with Crippen LogP contribution in [0.25, 0.3) is 0 Å². The van der Waals surface area contributed by atoms with Gasteiger partial charge < -0.3 is 16.0 Å². The Labute approximate surface area is 154 Å². The molecule has 0 saturated heterocycles. The SMILES string of the molecule is CNC(=O)Nc1ccc(NC(=O)C2CC2c2ccccc2C(F)(F)F)cc1. The third-order valence-corrected chi connectivity index (χ3v) is 4.43. The molecule has 0 spiro atoms. The Morgan fingerprint density at radius 1 is 0.963 bits per heavy atom. The van der Waals surface area contributed by atoms with Crippen molar-refractivity contribution in [1.82, 2.24) is 5.32 Å². The monoisotopic (exact) mass is 377 g/mol. The van der Waals surface area contributed by atoms with E-state index in [1.165, 1.54) is 19.2 Å². The molecule has 3 N–H and O–H groups in total. The number of amides is 3. The maximum Gasteiger partial charge on any atom is 0.416 e. The number of anilines is 2. The van der Waals surface area contributed by atoms with Crippen molar-refractivity contribution in [1.29, 1.82) is 0 Å². The molecule has 0 radical (unpaired) electrons. The number of carbonyl (C=O) groups is 2. The van der Waals surface area contributed by atoms with E-state index in [2.05, 4.69) is 16.0 Å². The fourth-order valence-electron chi connectivity index (χ4n) is 2.97. The molecular formula is C19H18F3N3O2. The van der Waals surface area contributed by atoms with Gasteiger partial charge in [-0.1, -0.05) is 18.2 Å². The molecule has 2 aromatic carbocycles. The molecule has 0 aromatic heterocycles. The largest absolute Gasteiger partial charge is 0.416 e. The zero-order valence-electron chi connectivity index (χ0n) is 14.4. The Morgan fingerprint density at radius 2 is 1.56 bits per heavy atom. The fourth-order valence-corrected chi connectivity index (χ4v) is 2.97. The van der Waals surface area contributed by atoms with Crippen molar-refractivity contribution >= 4 is 23.3 Å². The maximum absolute atomic E-state index is 13.1. The van der Waals surface area contributed by atoms with Crippen LogP contribution in [-0.2, 0) is 11.0 Å². The van der Waals surface area contributed by atoms with E-state index in [-0.39, 0.29) is 17.5 Å². The number of halogens is 3. The van der Waals surface area contributed by atoms with Gasteiger partial charge >= 0.3 is 12.2 Å². The standard InChI is InChI=1S/C19H18F3N3O2/c1-23-18(27)25-12-8-6-11(7-9-12)24-17(26)15-10-14(15)13-4-2-3-5-16(13)19(20,21)22/h2-9,14-15H,10H2,1H3,(H,24,26)(H2,23,25,27). The van der Waals surface area contributed by atoms with Crippen molar-refractivity contribution in [3.05, 3.63) is 59.7 Å². The molecule has 142 valence electrons. The second kappa shape index (κ2) is 7.30. The van der Waals surface area contributed by atoms with E-state index in [4.69, 9.17) is 0 Å². The molecule has 2 aromatic rings. The zero-order chi connectivity index (χ0) is 19.6. The first-order chi connectivity index (χ1) is 12.8. The predicted octanol–water partition coefficient (Wildman–Crippen LogP) is 4.20. The number of rotatable bonds is 4. The number of nitrogens with one attached hydrogen (secondary N) is 3. The van der Waals surface area contributed by atoms with Crippen molar-refractivity contribution in [2.45, 2.75) is 18.5 Å². The zero-order valence-corrected chi connectivity index (χ0v) is 14.4. The van der Waals surface area contributed by atoms with Gasteiger partial charge in [0, 0.05) is 24.3 Å². The lowest BCUT2D eigenvalue weighted by molar-refractivity contribution is -0.138. The summed E-state index contributed by atoms with van der Waals surface area (Å²) >= 11 is 0. The summed E-state index contributed by atoms with van der Waals surface area (Å²) in [5.41, 5.74) is 0.540. The summed E-state index contributed by atoms with van der Waals surface area (Å²) < 4.78 is 39.4. The number of hydrogen-bond donors (Lipinski definition) is 3. The van der Waals surface area contributed by atoms with E-state index in [0.717, 1.165) is 6.07 Å². The van der Waals surface area contributed by atoms with E-state index in [1.54, 1.807) is 30.3 Å². The van der Waals surface area contributed by atoms with E-state index in [0.29, 0.717) is 17.8 Å². The molecule has 3 amide bonds. The normalized spacial score (nSPS) is 18.5. The van der Waals surface area contributed by atoms with Gasteiger partial charge in [0.15, 0.2) is 0 Å². The molecule has 2 atom stereocenters. The number of urea groups is 1. The quantitative estimate of drug-likeness (QED) is 0.747. The molecule has 1 aliphatic rings. The molecule has 27 heavy (non-hydrogen) atoms. The number of hydrogen-bond acceptors (Lipinski definition) is 2. The molecule has 5 nitrogen and oxygen atoms in total. The Morgan fingerprint density at radius 3 is 2.15 bits per heavy atom. The third kappa shape index (κ3) is 4.39. The highest BCUT2D eigenvalue weighted by atomic mass is 19.4. The summed E-state index contributed by atoms with van der Waals surface area (Å²) in [6, 6.07) is 11.5. The first kappa shape index (κ1) is 18.8. The van der Waals surface area contributed by atoms with E-state index in [1.807, 2.05) is 0 Å². The van der Waals surface area contributed by atoms with Crippen LogP contribution in [0.3, 0.4) is 0 Å². The second-order valence-electron chi connectivity index (χ2n) is 6.30. The van der Waals surface area contributed by atoms with Gasteiger partial charge in [-0.15, -0.1) is 0 Å². The highest BCUT2D eigenvalue weighted by Gasteiger charge is 2.47. The van der Waals surface area contributed by atoms with Crippen LogP contribution in [0.4, 0.5) is 29.3 Å². The first-order valence-corrected chi connectivity index (χ1v) is 8.35. The summed E-state index contributed by atoms with van der Waals surface area (Å²) in [7, 11) is 1.49. The molecular weight excluding hydrogens is 359 g/mol. The van der Waals surface area contributed by atoms with E-state index in [9.17, 15) is 22.8 Å². The number of alkyl halides is 3. The van der Waals surface area contributed by atoms with Gasteiger partial charge in [0.25, 0.3) is 0 Å². The lowest BCUT2D eigenvalue weighted by Crippen LogP contribution is -2.24. The molecule has 3 rings (SSSR count). The van der Waals surface area contributed by atoms with Crippen molar-refractivity contribution in [3.63, 3.8) is 0 Å². The molecule has 1 aliphatic carbocycles. The minimum atomic E-state index is -4.44. The van der Waals surface area contributed by atoms with Crippen molar-refractivity contribution < 1.29 is 22.8 Å². The number of carbonyl (C=O) groups excluding carboxylic acids is 2. The molecule has 0 heterocycles. The first-order valence-electron chi connectivity index (χ1n) is 8.35. The highest BCUT2D eigenvalue weighted by Crippen LogP contribution is 2.51. The fraction of sp³-hybridized carbons (Fsp3) is 0.263. The molecule has 8 heteroatoms. The van der Waals surface area contributed by atoms with Gasteiger partial charge in [-0.25, -0.2) is 4.79 Å². The second-order valence-corrected chi connectivity index (χ2v) is 6.30. The predicted molar refractivity (Wildman–Crippen MR) is 95.4 cm³/mol. The summed E-state index contributed by atoms with van der Waals surface area (Å²) in [6.45, 7) is 0. The highest BCUT2D eigenvalue weighted by molar-refractivity contribution is 5.96. The average molecular weight is 377 g/mol. The van der Waals surface area contributed by atoms with Crippen LogP contribution >= 0.6 is 0 Å². The van der Waals surface area contributed by atoms with Crippen LogP contribution in [0.1, 0.15) is 23.5 Å². The summed E-state index contributed by atoms with van der Waals surface area (Å²) in [5.74, 6) is -1.24. The van der Waals surface area contributed by atoms with Gasteiger partial charge in [0.2, 0.25) is 5.91 Å². The lowest BCUT2D eigenvalue weighted by Gasteiger charge is -2.12. The van der Waals surface area contributed by atoms with Gasteiger partial charge in [-0.2, -0.15) is 13.2 Å². The molecule has 1 fully saturated rings. The van der Waals surface area contributed by atoms with Gasteiger partial charge in [-0.05, 0) is 48.2 Å². The molecule has 0 bridgehead atoms. The lowest BCUT2D eigenvalue weighted by atomic mass is 10.0. The van der Waals surface area contributed by atoms with Crippen LogP contribution in [0.15, 0.2) is 48.5 Å². The summed E-state index contributed by atoms with van der Waals surface area (Å²) in [4.78, 5) is 23.6. The molecule has 2 unspecified atom stereocenters. The Balaban J connectivity index is 1.64. The average Bonchev–Trinajstić information content (AvgIpc) is 3.43. The topological polar surface area (TPSA) is 70.2 Å².